The first-order valence-electron chi connectivity index (χ1n) is 20.8. The quantitative estimate of drug-likeness (QED) is 0.143. The van der Waals surface area contributed by atoms with Crippen molar-refractivity contribution in [2.45, 2.75) is 163 Å². The summed E-state index contributed by atoms with van der Waals surface area (Å²) in [7, 11) is 0. The SMILES string of the molecule is CC1OC(O[C@H]2/C=C/C=C/C=C/C=C/C=C/C=C/C=C/C[C@@H](O)CCOC(=O)CCC[C@H](O)CC[C@@H](O)[C@H](O)C[C@H](O)CC(O)(O)CC[C@@H](C(=O)O)CC2)C(O)C(N)C1O. The molecular weight excluding hydrogens is 782 g/mol. The molecule has 340 valence electrons. The van der Waals surface area contributed by atoms with Crippen molar-refractivity contribution in [2.24, 2.45) is 11.7 Å². The number of carboxylic acid groups (broad SMARTS) is 1. The van der Waals surface area contributed by atoms with E-state index in [1.54, 1.807) is 55.5 Å². The maximum Gasteiger partial charge on any atom is 0.306 e. The number of ether oxygens (including phenoxy) is 3. The van der Waals surface area contributed by atoms with Gasteiger partial charge in [-0.25, -0.2) is 0 Å². The summed E-state index contributed by atoms with van der Waals surface area (Å²) in [6, 6.07) is -1.05. The minimum absolute atomic E-state index is 0.00734. The van der Waals surface area contributed by atoms with Gasteiger partial charge in [-0.2, -0.15) is 0 Å². The van der Waals surface area contributed by atoms with Crippen LogP contribution in [-0.4, -0.2) is 143 Å². The molecule has 2 aliphatic heterocycles. The van der Waals surface area contributed by atoms with E-state index < -0.39 is 110 Å². The highest BCUT2D eigenvalue weighted by molar-refractivity contribution is 5.70. The van der Waals surface area contributed by atoms with Gasteiger partial charge in [-0.05, 0) is 58.3 Å². The van der Waals surface area contributed by atoms with Crippen LogP contribution in [0.15, 0.2) is 85.1 Å². The molecule has 5 unspecified atom stereocenters. The van der Waals surface area contributed by atoms with Gasteiger partial charge in [-0.1, -0.05) is 85.1 Å². The van der Waals surface area contributed by atoms with Gasteiger partial charge >= 0.3 is 11.9 Å². The number of allylic oxidation sites excluding steroid dienone is 12. The van der Waals surface area contributed by atoms with Gasteiger partial charge < -0.3 is 71.0 Å². The first-order chi connectivity index (χ1) is 28.5. The molecule has 2 heterocycles. The molecule has 2 rings (SSSR count). The molecule has 0 bridgehead atoms. The molecule has 0 aromatic carbocycles. The Balaban J connectivity index is 2.16. The number of aliphatic hydroxyl groups is 9. The van der Waals surface area contributed by atoms with E-state index in [2.05, 4.69) is 0 Å². The second-order valence-corrected chi connectivity index (χ2v) is 15.6. The largest absolute Gasteiger partial charge is 0.481 e. The minimum atomic E-state index is -2.51. The Hall–Kier alpha value is -3.36. The van der Waals surface area contributed by atoms with Crippen molar-refractivity contribution >= 4 is 11.9 Å². The van der Waals surface area contributed by atoms with E-state index >= 15 is 0 Å². The van der Waals surface area contributed by atoms with Crippen molar-refractivity contribution < 1.29 is 74.9 Å². The highest BCUT2D eigenvalue weighted by atomic mass is 16.7. The maximum absolute atomic E-state index is 12.2. The number of hydrogen-bond acceptors (Lipinski definition) is 15. The zero-order valence-electron chi connectivity index (χ0n) is 34.5. The molecule has 12 N–H and O–H groups in total. The Morgan fingerprint density at radius 3 is 1.98 bits per heavy atom. The fourth-order valence-electron chi connectivity index (χ4n) is 6.55. The highest BCUT2D eigenvalue weighted by Crippen LogP contribution is 2.27. The summed E-state index contributed by atoms with van der Waals surface area (Å²) in [4.78, 5) is 24.3. The number of aliphatic carboxylic acids is 1. The predicted molar refractivity (Wildman–Crippen MR) is 222 cm³/mol. The van der Waals surface area contributed by atoms with Crippen molar-refractivity contribution in [1.29, 1.82) is 0 Å². The molecule has 16 nitrogen and oxygen atoms in total. The fraction of sp³-hybridized carbons (Fsp3) is 0.636. The van der Waals surface area contributed by atoms with E-state index in [9.17, 15) is 60.7 Å². The van der Waals surface area contributed by atoms with Crippen molar-refractivity contribution in [2.75, 3.05) is 6.61 Å². The van der Waals surface area contributed by atoms with Crippen LogP contribution in [0.4, 0.5) is 0 Å². The zero-order chi connectivity index (χ0) is 44.5. The molecule has 60 heavy (non-hydrogen) atoms. The summed E-state index contributed by atoms with van der Waals surface area (Å²) in [5.74, 6) is -5.25. The molecule has 0 aliphatic carbocycles. The van der Waals surface area contributed by atoms with Gasteiger partial charge in [0.05, 0.1) is 67.4 Å². The number of cyclic esters (lactones) is 1. The van der Waals surface area contributed by atoms with Gasteiger partial charge in [0, 0.05) is 32.1 Å². The van der Waals surface area contributed by atoms with Crippen LogP contribution in [0.2, 0.25) is 0 Å². The lowest BCUT2D eigenvalue weighted by Gasteiger charge is -2.40. The average Bonchev–Trinajstić information content (AvgIpc) is 3.18. The zero-order valence-corrected chi connectivity index (χ0v) is 34.5. The smallest absolute Gasteiger partial charge is 0.306 e. The lowest BCUT2D eigenvalue weighted by atomic mass is 9.90. The molecule has 0 spiro atoms. The lowest BCUT2D eigenvalue weighted by molar-refractivity contribution is -0.276. The van der Waals surface area contributed by atoms with Crippen molar-refractivity contribution in [3.8, 4) is 0 Å². The molecule has 0 radical (unpaired) electrons. The van der Waals surface area contributed by atoms with E-state index in [-0.39, 0.29) is 58.0 Å². The van der Waals surface area contributed by atoms with E-state index in [0.29, 0.717) is 12.8 Å². The highest BCUT2D eigenvalue weighted by Gasteiger charge is 2.42. The molecule has 0 amide bonds. The van der Waals surface area contributed by atoms with Crippen LogP contribution in [0.5, 0.6) is 0 Å². The Kier molecular flexibility index (Phi) is 25.5. The van der Waals surface area contributed by atoms with Crippen LogP contribution < -0.4 is 5.73 Å². The van der Waals surface area contributed by atoms with E-state index in [1.807, 2.05) is 36.5 Å². The Morgan fingerprint density at radius 2 is 1.35 bits per heavy atom. The normalized spacial score (nSPS) is 38.7. The third-order valence-corrected chi connectivity index (χ3v) is 10.3. The molecule has 1 fully saturated rings. The van der Waals surface area contributed by atoms with Crippen molar-refractivity contribution in [3.05, 3.63) is 85.1 Å². The van der Waals surface area contributed by atoms with E-state index in [1.165, 1.54) is 0 Å². The molecule has 0 aromatic rings. The Labute approximate surface area is 353 Å². The molecule has 16 heteroatoms. The van der Waals surface area contributed by atoms with Gasteiger partial charge in [0.2, 0.25) is 0 Å². The molecular formula is C44H69NO15. The van der Waals surface area contributed by atoms with Crippen LogP contribution in [0, 0.1) is 5.92 Å². The lowest BCUT2D eigenvalue weighted by Crippen LogP contribution is -2.61. The van der Waals surface area contributed by atoms with E-state index in [4.69, 9.17) is 19.9 Å². The first kappa shape index (κ1) is 52.8. The number of carbonyl (C=O) groups is 2. The third-order valence-electron chi connectivity index (χ3n) is 10.3. The van der Waals surface area contributed by atoms with Crippen LogP contribution >= 0.6 is 0 Å². The second kappa shape index (κ2) is 29.0. The van der Waals surface area contributed by atoms with Crippen molar-refractivity contribution in [1.82, 2.24) is 0 Å². The monoisotopic (exact) mass is 851 g/mol. The number of carbonyl (C=O) groups excluding carboxylic acids is 1. The van der Waals surface area contributed by atoms with E-state index in [0.717, 1.165) is 0 Å². The summed E-state index contributed by atoms with van der Waals surface area (Å²) >= 11 is 0. The predicted octanol–water partition coefficient (Wildman–Crippen LogP) is 1.87. The first-order valence-corrected chi connectivity index (χ1v) is 20.8. The standard InChI is InChI=1S/C44H69NO15/c1-30-40(52)39(45)41(53)43(59-30)60-35-18-14-12-10-8-6-4-2-3-5-7-9-11-13-16-33(47)25-27-58-38(51)19-15-17-32(46)21-23-36(49)37(50)28-34(48)29-44(56,57)26-24-31(20-22-35)42(54)55/h2-14,18,30-37,39-41,43,46-50,52-53,56-57H,15-17,19-29,45H2,1H3,(H,54,55)/b4-2+,5-3+,8-6+,9-7+,12-10+,13-11+,18-14+/t30?,31-,32-,33+,34-,35-,36+,37+,39?,40?,41?,43?/m0/s1. The van der Waals surface area contributed by atoms with Gasteiger partial charge in [0.15, 0.2) is 12.1 Å². The number of carboxylic acids is 1. The van der Waals surface area contributed by atoms with Crippen molar-refractivity contribution in [3.63, 3.8) is 0 Å². The number of nitrogens with two attached hydrogens (primary N) is 1. The third kappa shape index (κ3) is 22.5. The molecule has 12 atom stereocenters. The van der Waals surface area contributed by atoms with Crippen LogP contribution in [0.1, 0.15) is 90.4 Å². The summed E-state index contributed by atoms with van der Waals surface area (Å²) in [5, 5.41) is 104. The number of hydrogen-bond donors (Lipinski definition) is 11. The minimum Gasteiger partial charge on any atom is -0.481 e. The summed E-state index contributed by atoms with van der Waals surface area (Å²) in [5.41, 5.74) is 5.98. The number of esters is 1. The molecule has 1 saturated heterocycles. The summed E-state index contributed by atoms with van der Waals surface area (Å²) in [6.07, 6.45) is 13.5. The average molecular weight is 852 g/mol. The maximum atomic E-state index is 12.2. The van der Waals surface area contributed by atoms with Gasteiger partial charge in [0.25, 0.3) is 0 Å². The number of aliphatic hydroxyl groups excluding tert-OH is 7. The van der Waals surface area contributed by atoms with Gasteiger partial charge in [-0.15, -0.1) is 0 Å². The van der Waals surface area contributed by atoms with Crippen LogP contribution in [0.25, 0.3) is 0 Å². The second-order valence-electron chi connectivity index (χ2n) is 15.6. The fourth-order valence-corrected chi connectivity index (χ4v) is 6.55. The Morgan fingerprint density at radius 1 is 0.733 bits per heavy atom. The van der Waals surface area contributed by atoms with Gasteiger partial charge in [0.1, 0.15) is 6.10 Å². The van der Waals surface area contributed by atoms with Crippen LogP contribution in [-0.2, 0) is 23.8 Å². The number of rotatable bonds is 3. The molecule has 0 saturated carbocycles. The molecule has 2 aliphatic rings. The summed E-state index contributed by atoms with van der Waals surface area (Å²) < 4.78 is 16.9. The summed E-state index contributed by atoms with van der Waals surface area (Å²) in [6.45, 7) is 1.63. The van der Waals surface area contributed by atoms with Gasteiger partial charge in [-0.3, -0.25) is 9.59 Å². The Bertz CT molecular complexity index is 1440. The topological polar surface area (TPSA) is 290 Å². The molecule has 0 aromatic heterocycles. The van der Waals surface area contributed by atoms with Crippen LogP contribution in [0.3, 0.4) is 0 Å².